The number of nitrogens with zero attached hydrogens (tertiary/aromatic N) is 2. The molecule has 0 bridgehead atoms. The van der Waals surface area contributed by atoms with Gasteiger partial charge in [-0.05, 0) is 42.7 Å². The highest BCUT2D eigenvalue weighted by Crippen LogP contribution is 2.30. The van der Waals surface area contributed by atoms with Gasteiger partial charge < -0.3 is 4.74 Å². The number of hydrogen-bond donors (Lipinski definition) is 0. The van der Waals surface area contributed by atoms with Crippen molar-refractivity contribution in [1.82, 2.24) is 0 Å². The number of sulfonamides is 1. The molecule has 0 saturated carbocycles. The highest BCUT2D eigenvalue weighted by molar-refractivity contribution is 7.92. The number of nitro groups is 1. The lowest BCUT2D eigenvalue weighted by Crippen LogP contribution is -2.34. The Morgan fingerprint density at radius 1 is 1.21 bits per heavy atom. The third-order valence-corrected chi connectivity index (χ3v) is 5.71. The van der Waals surface area contributed by atoms with E-state index in [4.69, 9.17) is 4.74 Å². The van der Waals surface area contributed by atoms with Crippen LogP contribution in [0.25, 0.3) is 0 Å². The number of carbonyl (C=O) groups is 2. The summed E-state index contributed by atoms with van der Waals surface area (Å²) in [4.78, 5) is 34.9. The molecule has 1 aliphatic rings. The van der Waals surface area contributed by atoms with Gasteiger partial charge in [-0.15, -0.1) is 0 Å². The van der Waals surface area contributed by atoms with E-state index in [-0.39, 0.29) is 11.1 Å². The van der Waals surface area contributed by atoms with Crippen molar-refractivity contribution < 1.29 is 27.7 Å². The van der Waals surface area contributed by atoms with Crippen molar-refractivity contribution in [2.24, 2.45) is 0 Å². The van der Waals surface area contributed by atoms with E-state index in [2.05, 4.69) is 0 Å². The first-order valence-corrected chi connectivity index (χ1v) is 10.6. The van der Waals surface area contributed by atoms with Gasteiger partial charge in [0.25, 0.3) is 5.69 Å². The molecule has 0 amide bonds. The number of hydrogen-bond acceptors (Lipinski definition) is 7. The summed E-state index contributed by atoms with van der Waals surface area (Å²) in [5, 5.41) is 11.0. The van der Waals surface area contributed by atoms with Crippen molar-refractivity contribution >= 4 is 33.2 Å². The van der Waals surface area contributed by atoms with Crippen LogP contribution in [0.5, 0.6) is 0 Å². The largest absolute Gasteiger partial charge is 0.454 e. The number of fused-ring (bicyclic) bond motifs is 1. The monoisotopic (exact) mass is 418 g/mol. The molecule has 0 aliphatic carbocycles. The molecule has 0 unspecified atom stereocenters. The lowest BCUT2D eigenvalue weighted by atomic mass is 9.99. The van der Waals surface area contributed by atoms with E-state index in [1.165, 1.54) is 34.6 Å². The summed E-state index contributed by atoms with van der Waals surface area (Å²) in [7, 11) is -3.41. The Hall–Kier alpha value is -3.27. The predicted octanol–water partition coefficient (Wildman–Crippen LogP) is 2.35. The summed E-state index contributed by atoms with van der Waals surface area (Å²) in [5.41, 5.74) is 0.887. The molecule has 3 rings (SSSR count). The number of aryl methyl sites for hydroxylation is 1. The van der Waals surface area contributed by atoms with Crippen LogP contribution in [0.4, 0.5) is 11.4 Å². The van der Waals surface area contributed by atoms with Gasteiger partial charge in [0.2, 0.25) is 10.0 Å². The zero-order valence-electron chi connectivity index (χ0n) is 15.5. The number of benzene rings is 2. The molecule has 1 aliphatic heterocycles. The van der Waals surface area contributed by atoms with Crippen LogP contribution < -0.4 is 4.31 Å². The van der Waals surface area contributed by atoms with Gasteiger partial charge >= 0.3 is 5.97 Å². The molecule has 0 radical (unpaired) electrons. The number of anilines is 1. The lowest BCUT2D eigenvalue weighted by Gasteiger charge is -2.29. The average molecular weight is 418 g/mol. The van der Waals surface area contributed by atoms with Gasteiger partial charge in [0, 0.05) is 18.2 Å². The van der Waals surface area contributed by atoms with Gasteiger partial charge in [0.1, 0.15) is 5.56 Å². The Kier molecular flexibility index (Phi) is 5.64. The molecular weight excluding hydrogens is 400 g/mol. The van der Waals surface area contributed by atoms with Crippen LogP contribution in [0.15, 0.2) is 42.5 Å². The van der Waals surface area contributed by atoms with Crippen molar-refractivity contribution in [3.8, 4) is 0 Å². The average Bonchev–Trinajstić information content (AvgIpc) is 2.70. The summed E-state index contributed by atoms with van der Waals surface area (Å²) in [6.07, 6.45) is 2.38. The van der Waals surface area contributed by atoms with Crippen LogP contribution in [0, 0.1) is 10.1 Å². The zero-order chi connectivity index (χ0) is 21.2. The summed E-state index contributed by atoms with van der Waals surface area (Å²) in [6, 6.07) is 9.94. The number of carbonyl (C=O) groups excluding carboxylic acids is 2. The summed E-state index contributed by atoms with van der Waals surface area (Å²) in [5.74, 6) is -1.46. The number of ketones is 1. The van der Waals surface area contributed by atoms with Gasteiger partial charge in [-0.2, -0.15) is 0 Å². The van der Waals surface area contributed by atoms with E-state index in [0.29, 0.717) is 25.1 Å². The molecular formula is C19H18N2O7S. The van der Waals surface area contributed by atoms with Crippen LogP contribution in [0.1, 0.15) is 32.7 Å². The van der Waals surface area contributed by atoms with Crippen molar-refractivity contribution in [1.29, 1.82) is 0 Å². The fraction of sp³-hybridized carbons (Fsp3) is 0.263. The number of nitro benzene ring substituents is 1. The minimum atomic E-state index is -3.41. The number of rotatable bonds is 6. The van der Waals surface area contributed by atoms with E-state index in [1.54, 1.807) is 12.1 Å². The SMILES string of the molecule is CS(=O)(=O)N1CCCc2cc(C(=O)COC(=O)c3ccccc3[N+](=O)[O-])ccc21. The standard InChI is InChI=1S/C19H18N2O7S/c1-29(26,27)20-10-4-5-13-11-14(8-9-16(13)20)18(22)12-28-19(23)15-6-2-3-7-17(15)21(24)25/h2-3,6-9,11H,4-5,10,12H2,1H3. The van der Waals surface area contributed by atoms with E-state index >= 15 is 0 Å². The van der Waals surface area contributed by atoms with Crippen LogP contribution in [0.2, 0.25) is 0 Å². The molecule has 2 aromatic carbocycles. The summed E-state index contributed by atoms with van der Waals surface area (Å²) >= 11 is 0. The van der Waals surface area contributed by atoms with Crippen LogP contribution >= 0.6 is 0 Å². The second-order valence-corrected chi connectivity index (χ2v) is 8.46. The second-order valence-electron chi connectivity index (χ2n) is 6.56. The maximum Gasteiger partial charge on any atom is 0.345 e. The van der Waals surface area contributed by atoms with Gasteiger partial charge in [-0.25, -0.2) is 13.2 Å². The van der Waals surface area contributed by atoms with Crippen LogP contribution in [-0.2, 0) is 21.2 Å². The molecule has 1 heterocycles. The molecule has 0 aromatic heterocycles. The predicted molar refractivity (Wildman–Crippen MR) is 105 cm³/mol. The summed E-state index contributed by atoms with van der Waals surface area (Å²) < 4.78 is 30.1. The van der Waals surface area contributed by atoms with Crippen molar-refractivity contribution in [3.05, 3.63) is 69.3 Å². The van der Waals surface area contributed by atoms with Crippen molar-refractivity contribution in [2.75, 3.05) is 23.7 Å². The highest BCUT2D eigenvalue weighted by atomic mass is 32.2. The summed E-state index contributed by atoms with van der Waals surface area (Å²) in [6.45, 7) is -0.202. The number of Topliss-reactive ketones (excluding diaryl/α,β-unsaturated/α-hetero) is 1. The van der Waals surface area contributed by atoms with Crippen molar-refractivity contribution in [3.63, 3.8) is 0 Å². The molecule has 0 N–H and O–H groups in total. The minimum absolute atomic E-state index is 0.237. The van der Waals surface area contributed by atoms with E-state index in [9.17, 15) is 28.1 Å². The third-order valence-electron chi connectivity index (χ3n) is 4.53. The Morgan fingerprint density at radius 3 is 2.62 bits per heavy atom. The van der Waals surface area contributed by atoms with E-state index in [0.717, 1.165) is 11.8 Å². The molecule has 9 nitrogen and oxygen atoms in total. The topological polar surface area (TPSA) is 124 Å². The number of ether oxygens (including phenoxy) is 1. The number of para-hydroxylation sites is 1. The Balaban J connectivity index is 1.74. The smallest absolute Gasteiger partial charge is 0.345 e. The van der Waals surface area contributed by atoms with E-state index in [1.807, 2.05) is 0 Å². The van der Waals surface area contributed by atoms with Gasteiger partial charge in [0.15, 0.2) is 12.4 Å². The second kappa shape index (κ2) is 8.00. The first-order valence-electron chi connectivity index (χ1n) is 8.73. The van der Waals surface area contributed by atoms with Crippen LogP contribution in [0.3, 0.4) is 0 Å². The Morgan fingerprint density at radius 2 is 1.93 bits per heavy atom. The normalized spacial score (nSPS) is 13.5. The van der Waals surface area contributed by atoms with Gasteiger partial charge in [-0.1, -0.05) is 12.1 Å². The minimum Gasteiger partial charge on any atom is -0.454 e. The molecule has 29 heavy (non-hydrogen) atoms. The molecule has 152 valence electrons. The molecule has 0 spiro atoms. The molecule has 2 aromatic rings. The van der Waals surface area contributed by atoms with Gasteiger partial charge in [-0.3, -0.25) is 19.2 Å². The Labute approximate surface area is 167 Å². The van der Waals surface area contributed by atoms with Crippen molar-refractivity contribution in [2.45, 2.75) is 12.8 Å². The first-order chi connectivity index (χ1) is 13.7. The first kappa shape index (κ1) is 20.5. The van der Waals surface area contributed by atoms with Crippen LogP contribution in [-0.4, -0.2) is 44.5 Å². The quantitative estimate of drug-likeness (QED) is 0.305. The number of esters is 1. The maximum atomic E-state index is 12.4. The van der Waals surface area contributed by atoms with Gasteiger partial charge in [0.05, 0.1) is 16.9 Å². The molecule has 0 fully saturated rings. The fourth-order valence-electron chi connectivity index (χ4n) is 3.18. The zero-order valence-corrected chi connectivity index (χ0v) is 16.3. The molecule has 10 heteroatoms. The molecule has 0 atom stereocenters. The Bertz CT molecular complexity index is 1100. The lowest BCUT2D eigenvalue weighted by molar-refractivity contribution is -0.385. The van der Waals surface area contributed by atoms with E-state index < -0.39 is 39.0 Å². The maximum absolute atomic E-state index is 12.4. The molecule has 0 saturated heterocycles. The highest BCUT2D eigenvalue weighted by Gasteiger charge is 2.25. The fourth-order valence-corrected chi connectivity index (χ4v) is 4.17. The third kappa shape index (κ3) is 4.43.